The van der Waals surface area contributed by atoms with Crippen molar-refractivity contribution < 1.29 is 9.53 Å². The van der Waals surface area contributed by atoms with Gasteiger partial charge in [0, 0.05) is 11.8 Å². The van der Waals surface area contributed by atoms with E-state index in [1.165, 1.54) is 5.56 Å². The molecular formula is C21H22N2O2. The number of nitrogens with zero attached hydrogens (tertiary/aromatic N) is 1. The maximum Gasteiger partial charge on any atom is 0.225 e. The minimum atomic E-state index is -0.0166. The number of ether oxygens (including phenoxy) is 1. The van der Waals surface area contributed by atoms with Crippen LogP contribution in [0.25, 0.3) is 10.9 Å². The third-order valence-corrected chi connectivity index (χ3v) is 4.30. The Morgan fingerprint density at radius 2 is 1.92 bits per heavy atom. The van der Waals surface area contributed by atoms with Gasteiger partial charge in [0.2, 0.25) is 5.91 Å². The lowest BCUT2D eigenvalue weighted by Crippen LogP contribution is -2.14. The third kappa shape index (κ3) is 4.15. The molecule has 0 aliphatic carbocycles. The van der Waals surface area contributed by atoms with E-state index < -0.39 is 0 Å². The zero-order valence-electron chi connectivity index (χ0n) is 14.7. The number of hydrogen-bond donors (Lipinski definition) is 1. The van der Waals surface area contributed by atoms with E-state index in [0.717, 1.165) is 27.9 Å². The number of rotatable bonds is 5. The zero-order chi connectivity index (χ0) is 17.8. The molecule has 1 N–H and O–H groups in total. The number of fused-ring (bicyclic) bond motifs is 1. The van der Waals surface area contributed by atoms with E-state index in [9.17, 15) is 4.79 Å². The summed E-state index contributed by atoms with van der Waals surface area (Å²) in [5, 5.41) is 3.98. The molecule has 0 aliphatic rings. The Labute approximate surface area is 147 Å². The van der Waals surface area contributed by atoms with Crippen molar-refractivity contribution in [3.05, 3.63) is 65.9 Å². The SMILES string of the molecule is COc1ccc(C(C)CC(=O)Nc2cnc3ccc(C)cc3c2)cc1. The van der Waals surface area contributed by atoms with Crippen molar-refractivity contribution in [1.29, 1.82) is 0 Å². The standard InChI is InChI=1S/C21H22N2O2/c1-14-4-9-20-17(10-14)12-18(13-22-20)23-21(24)11-15(2)16-5-7-19(25-3)8-6-16/h4-10,12-13,15H,11H2,1-3H3,(H,23,24). The molecule has 1 heterocycles. The van der Waals surface area contributed by atoms with Gasteiger partial charge < -0.3 is 10.1 Å². The number of methoxy groups -OCH3 is 1. The Morgan fingerprint density at radius 3 is 2.64 bits per heavy atom. The Bertz CT molecular complexity index is 888. The molecule has 0 radical (unpaired) electrons. The number of anilines is 1. The first-order chi connectivity index (χ1) is 12.0. The molecule has 128 valence electrons. The summed E-state index contributed by atoms with van der Waals surface area (Å²) in [6.07, 6.45) is 2.12. The Kier molecular flexibility index (Phi) is 4.98. The summed E-state index contributed by atoms with van der Waals surface area (Å²) in [5.41, 5.74) is 3.94. The fourth-order valence-electron chi connectivity index (χ4n) is 2.86. The van der Waals surface area contributed by atoms with E-state index in [4.69, 9.17) is 4.74 Å². The molecule has 1 atom stereocenters. The minimum absolute atomic E-state index is 0.0166. The highest BCUT2D eigenvalue weighted by Gasteiger charge is 2.12. The molecule has 0 aliphatic heterocycles. The summed E-state index contributed by atoms with van der Waals surface area (Å²) >= 11 is 0. The largest absolute Gasteiger partial charge is 0.497 e. The molecule has 0 bridgehead atoms. The second-order valence-corrected chi connectivity index (χ2v) is 6.35. The van der Waals surface area contributed by atoms with Gasteiger partial charge in [0.15, 0.2) is 0 Å². The first kappa shape index (κ1) is 17.0. The molecule has 0 saturated heterocycles. The summed E-state index contributed by atoms with van der Waals surface area (Å²) < 4.78 is 5.17. The number of aromatic nitrogens is 1. The number of hydrogen-bond acceptors (Lipinski definition) is 3. The second kappa shape index (κ2) is 7.34. The van der Waals surface area contributed by atoms with Crippen LogP contribution >= 0.6 is 0 Å². The van der Waals surface area contributed by atoms with Crippen LogP contribution in [-0.2, 0) is 4.79 Å². The average molecular weight is 334 g/mol. The highest BCUT2D eigenvalue weighted by atomic mass is 16.5. The molecular weight excluding hydrogens is 312 g/mol. The van der Waals surface area contributed by atoms with Gasteiger partial charge in [0.1, 0.15) is 5.75 Å². The molecule has 1 unspecified atom stereocenters. The van der Waals surface area contributed by atoms with Gasteiger partial charge in [0.05, 0.1) is 24.5 Å². The maximum atomic E-state index is 12.4. The maximum absolute atomic E-state index is 12.4. The number of benzene rings is 2. The molecule has 4 nitrogen and oxygen atoms in total. The number of pyridine rings is 1. The fourth-order valence-corrected chi connectivity index (χ4v) is 2.86. The van der Waals surface area contributed by atoms with Gasteiger partial charge >= 0.3 is 0 Å². The smallest absolute Gasteiger partial charge is 0.225 e. The van der Waals surface area contributed by atoms with E-state index in [1.54, 1.807) is 13.3 Å². The Morgan fingerprint density at radius 1 is 1.16 bits per heavy atom. The summed E-state index contributed by atoms with van der Waals surface area (Å²) in [5.74, 6) is 0.927. The monoisotopic (exact) mass is 334 g/mol. The van der Waals surface area contributed by atoms with Crippen molar-refractivity contribution in [2.45, 2.75) is 26.2 Å². The van der Waals surface area contributed by atoms with Crippen molar-refractivity contribution >= 4 is 22.5 Å². The van der Waals surface area contributed by atoms with E-state index in [2.05, 4.69) is 16.4 Å². The molecule has 0 fully saturated rings. The number of nitrogens with one attached hydrogen (secondary N) is 1. The van der Waals surface area contributed by atoms with Gasteiger partial charge in [-0.05, 0) is 48.7 Å². The van der Waals surface area contributed by atoms with Crippen LogP contribution in [0.3, 0.4) is 0 Å². The fraction of sp³-hybridized carbons (Fsp3) is 0.238. The van der Waals surface area contributed by atoms with Crippen LogP contribution in [0.2, 0.25) is 0 Å². The van der Waals surface area contributed by atoms with E-state index in [-0.39, 0.29) is 11.8 Å². The molecule has 2 aromatic carbocycles. The van der Waals surface area contributed by atoms with E-state index in [0.29, 0.717) is 6.42 Å². The highest BCUT2D eigenvalue weighted by molar-refractivity contribution is 5.93. The Balaban J connectivity index is 1.67. The van der Waals surface area contributed by atoms with Gasteiger partial charge in [-0.15, -0.1) is 0 Å². The summed E-state index contributed by atoms with van der Waals surface area (Å²) in [4.78, 5) is 16.8. The third-order valence-electron chi connectivity index (χ3n) is 4.30. The van der Waals surface area contributed by atoms with E-state index in [1.807, 2.05) is 56.3 Å². The molecule has 0 saturated carbocycles. The topological polar surface area (TPSA) is 51.2 Å². The number of carbonyl (C=O) groups excluding carboxylic acids is 1. The van der Waals surface area contributed by atoms with Crippen LogP contribution in [0.1, 0.15) is 30.4 Å². The van der Waals surface area contributed by atoms with Crippen LogP contribution in [0.15, 0.2) is 54.7 Å². The zero-order valence-corrected chi connectivity index (χ0v) is 14.7. The molecule has 3 rings (SSSR count). The lowest BCUT2D eigenvalue weighted by Gasteiger charge is -2.13. The number of carbonyl (C=O) groups is 1. The lowest BCUT2D eigenvalue weighted by atomic mass is 9.97. The summed E-state index contributed by atoms with van der Waals surface area (Å²) in [6, 6.07) is 15.9. The van der Waals surface area contributed by atoms with Gasteiger partial charge in [-0.3, -0.25) is 9.78 Å². The first-order valence-electron chi connectivity index (χ1n) is 8.35. The predicted octanol–water partition coefficient (Wildman–Crippen LogP) is 4.68. The van der Waals surface area contributed by atoms with E-state index >= 15 is 0 Å². The summed E-state index contributed by atoms with van der Waals surface area (Å²) in [7, 11) is 1.64. The van der Waals surface area contributed by atoms with Crippen LogP contribution in [-0.4, -0.2) is 18.0 Å². The van der Waals surface area contributed by atoms with Crippen LogP contribution in [0.4, 0.5) is 5.69 Å². The predicted molar refractivity (Wildman–Crippen MR) is 101 cm³/mol. The van der Waals surface area contributed by atoms with Gasteiger partial charge in [-0.2, -0.15) is 0 Å². The van der Waals surface area contributed by atoms with Crippen molar-refractivity contribution in [3.8, 4) is 5.75 Å². The average Bonchev–Trinajstić information content (AvgIpc) is 2.61. The second-order valence-electron chi connectivity index (χ2n) is 6.35. The van der Waals surface area contributed by atoms with Crippen LogP contribution in [0, 0.1) is 6.92 Å². The van der Waals surface area contributed by atoms with Gasteiger partial charge in [-0.25, -0.2) is 0 Å². The Hall–Kier alpha value is -2.88. The van der Waals surface area contributed by atoms with Crippen molar-refractivity contribution in [2.75, 3.05) is 12.4 Å². The number of aryl methyl sites for hydroxylation is 1. The van der Waals surface area contributed by atoms with Crippen LogP contribution < -0.4 is 10.1 Å². The quantitative estimate of drug-likeness (QED) is 0.737. The van der Waals surface area contributed by atoms with Gasteiger partial charge in [-0.1, -0.05) is 30.7 Å². The molecule has 4 heteroatoms. The highest BCUT2D eigenvalue weighted by Crippen LogP contribution is 2.23. The lowest BCUT2D eigenvalue weighted by molar-refractivity contribution is -0.116. The van der Waals surface area contributed by atoms with Crippen LogP contribution in [0.5, 0.6) is 5.75 Å². The first-order valence-corrected chi connectivity index (χ1v) is 8.35. The van der Waals surface area contributed by atoms with Crippen molar-refractivity contribution in [2.24, 2.45) is 0 Å². The molecule has 0 spiro atoms. The van der Waals surface area contributed by atoms with Crippen molar-refractivity contribution in [3.63, 3.8) is 0 Å². The summed E-state index contributed by atoms with van der Waals surface area (Å²) in [6.45, 7) is 4.09. The minimum Gasteiger partial charge on any atom is -0.497 e. The van der Waals surface area contributed by atoms with Crippen molar-refractivity contribution in [1.82, 2.24) is 4.98 Å². The molecule has 1 amide bonds. The van der Waals surface area contributed by atoms with Gasteiger partial charge in [0.25, 0.3) is 0 Å². The molecule has 3 aromatic rings. The molecule has 25 heavy (non-hydrogen) atoms. The normalized spacial score (nSPS) is 12.0. The molecule has 1 aromatic heterocycles. The number of amides is 1.